The van der Waals surface area contributed by atoms with Crippen molar-refractivity contribution in [3.63, 3.8) is 0 Å². The Bertz CT molecular complexity index is 3410. The van der Waals surface area contributed by atoms with Crippen LogP contribution in [-0.4, -0.2) is 15.0 Å². The van der Waals surface area contributed by atoms with Gasteiger partial charge in [0.05, 0.1) is 16.8 Å². The molecule has 0 saturated carbocycles. The van der Waals surface area contributed by atoms with Gasteiger partial charge >= 0.3 is 0 Å². The molecule has 0 aliphatic heterocycles. The van der Waals surface area contributed by atoms with E-state index in [2.05, 4.69) is 182 Å². The van der Waals surface area contributed by atoms with Crippen LogP contribution in [0.4, 0.5) is 0 Å². The van der Waals surface area contributed by atoms with Gasteiger partial charge < -0.3 is 4.42 Å². The van der Waals surface area contributed by atoms with Crippen LogP contribution in [0.15, 0.2) is 241 Å². The second-order valence-corrected chi connectivity index (χ2v) is 16.3. The number of oxazole rings is 1. The highest BCUT2D eigenvalue weighted by molar-refractivity contribution is 5.88. The number of aromatic nitrogens is 3. The molecule has 4 heteroatoms. The number of benzene rings is 9. The van der Waals surface area contributed by atoms with Crippen LogP contribution < -0.4 is 0 Å². The molecule has 12 rings (SSSR count). The number of hydrogen-bond donors (Lipinski definition) is 0. The summed E-state index contributed by atoms with van der Waals surface area (Å²) in [6.45, 7) is 0. The first-order valence-electron chi connectivity index (χ1n) is 21.7. The van der Waals surface area contributed by atoms with Gasteiger partial charge in [0.1, 0.15) is 5.52 Å². The van der Waals surface area contributed by atoms with Crippen LogP contribution in [0.5, 0.6) is 0 Å². The fraction of sp³-hybridized carbons (Fsp3) is 0.0167. The maximum absolute atomic E-state index is 6.49. The summed E-state index contributed by atoms with van der Waals surface area (Å²) in [4.78, 5) is 15.1. The third kappa shape index (κ3) is 6.35. The molecule has 4 nitrogen and oxygen atoms in total. The number of rotatable bonds is 8. The largest absolute Gasteiger partial charge is 0.436 e. The van der Waals surface area contributed by atoms with Crippen molar-refractivity contribution in [3.8, 4) is 78.7 Å². The van der Waals surface area contributed by atoms with Gasteiger partial charge in [-0.25, -0.2) is 15.0 Å². The van der Waals surface area contributed by atoms with Crippen LogP contribution in [0.1, 0.15) is 22.3 Å². The van der Waals surface area contributed by atoms with E-state index in [1.807, 2.05) is 54.6 Å². The van der Waals surface area contributed by atoms with Crippen molar-refractivity contribution >= 4 is 11.1 Å². The molecule has 0 N–H and O–H groups in total. The average molecular weight is 818 g/mol. The topological polar surface area (TPSA) is 51.8 Å². The van der Waals surface area contributed by atoms with Crippen molar-refractivity contribution in [2.75, 3.05) is 0 Å². The first kappa shape index (κ1) is 37.3. The molecule has 0 radical (unpaired) electrons. The van der Waals surface area contributed by atoms with Crippen LogP contribution >= 0.6 is 0 Å². The summed E-state index contributed by atoms with van der Waals surface area (Å²) in [5, 5.41) is 0. The normalized spacial score (nSPS) is 12.5. The molecule has 0 fully saturated rings. The summed E-state index contributed by atoms with van der Waals surface area (Å²) in [6, 6.07) is 83.5. The van der Waals surface area contributed by atoms with Gasteiger partial charge in [0.25, 0.3) is 0 Å². The Morgan fingerprint density at radius 2 is 0.734 bits per heavy atom. The second-order valence-electron chi connectivity index (χ2n) is 16.3. The molecule has 1 aliphatic rings. The summed E-state index contributed by atoms with van der Waals surface area (Å²) in [5.74, 6) is 1.32. The van der Waals surface area contributed by atoms with E-state index >= 15 is 0 Å². The number of fused-ring (bicyclic) bond motifs is 4. The lowest BCUT2D eigenvalue weighted by atomic mass is 9.67. The Balaban J connectivity index is 0.916. The van der Waals surface area contributed by atoms with Gasteiger partial charge in [-0.3, -0.25) is 0 Å². The quantitative estimate of drug-likeness (QED) is 0.153. The van der Waals surface area contributed by atoms with E-state index in [1.54, 1.807) is 0 Å². The van der Waals surface area contributed by atoms with E-state index in [-0.39, 0.29) is 0 Å². The lowest BCUT2D eigenvalue weighted by molar-refractivity contribution is 0.618. The molecule has 0 unspecified atom stereocenters. The monoisotopic (exact) mass is 817 g/mol. The van der Waals surface area contributed by atoms with E-state index < -0.39 is 5.41 Å². The van der Waals surface area contributed by atoms with Crippen molar-refractivity contribution < 1.29 is 4.42 Å². The highest BCUT2D eigenvalue weighted by atomic mass is 16.3. The molecule has 0 bridgehead atoms. The Kier molecular flexibility index (Phi) is 9.01. The van der Waals surface area contributed by atoms with E-state index in [4.69, 9.17) is 19.4 Å². The van der Waals surface area contributed by atoms with Crippen LogP contribution in [-0.2, 0) is 5.41 Å². The van der Waals surface area contributed by atoms with Gasteiger partial charge in [0.15, 0.2) is 11.4 Å². The van der Waals surface area contributed by atoms with Gasteiger partial charge in [-0.2, -0.15) is 0 Å². The third-order valence-electron chi connectivity index (χ3n) is 12.7. The molecule has 0 atom stereocenters. The van der Waals surface area contributed by atoms with Crippen molar-refractivity contribution in [2.45, 2.75) is 5.41 Å². The van der Waals surface area contributed by atoms with Crippen molar-refractivity contribution in [2.24, 2.45) is 0 Å². The molecule has 300 valence electrons. The molecule has 0 spiro atoms. The van der Waals surface area contributed by atoms with E-state index in [1.165, 1.54) is 38.9 Å². The molecule has 64 heavy (non-hydrogen) atoms. The molecule has 9 aromatic carbocycles. The summed E-state index contributed by atoms with van der Waals surface area (Å²) in [6.07, 6.45) is 0. The summed E-state index contributed by atoms with van der Waals surface area (Å²) in [5.41, 5.74) is 18.7. The summed E-state index contributed by atoms with van der Waals surface area (Å²) in [7, 11) is 0. The van der Waals surface area contributed by atoms with Gasteiger partial charge in [-0.05, 0) is 86.0 Å². The average Bonchev–Trinajstić information content (AvgIpc) is 3.95. The molecule has 0 saturated heterocycles. The van der Waals surface area contributed by atoms with Gasteiger partial charge in [0.2, 0.25) is 5.89 Å². The molecule has 2 aromatic heterocycles. The SMILES string of the molecule is c1ccc(-c2ccc(-c3cc(-c4ccc(-c5ccc(C6(c7ccc8nc(-c9ccccc9)oc8c7)c7ccccc7-c7ccccc76)cc5)cc4)nc(-c4ccccc4)n3)cc2)cc1. The zero-order valence-corrected chi connectivity index (χ0v) is 34.8. The standard InChI is InChI=1S/C60H39N3O/c1-4-14-40(15-5-1)41-24-28-44(29-25-41)55-39-56(62-58(61-55)46-16-6-2-7-17-46)45-30-26-42(27-31-45)43-32-34-48(35-33-43)60(52-22-12-10-20-50(52)51-21-11-13-23-53(51)60)49-36-37-54-57(38-49)64-59(63-54)47-18-8-3-9-19-47/h1-39H. The van der Waals surface area contributed by atoms with E-state index in [0.29, 0.717) is 11.7 Å². The first-order valence-corrected chi connectivity index (χ1v) is 21.7. The van der Waals surface area contributed by atoms with Crippen LogP contribution in [0.25, 0.3) is 89.8 Å². The molecular formula is C60H39N3O. The van der Waals surface area contributed by atoms with Crippen molar-refractivity contribution in [1.29, 1.82) is 0 Å². The summed E-state index contributed by atoms with van der Waals surface area (Å²) < 4.78 is 6.49. The second kappa shape index (κ2) is 15.5. The van der Waals surface area contributed by atoms with Crippen LogP contribution in [0.2, 0.25) is 0 Å². The van der Waals surface area contributed by atoms with Crippen LogP contribution in [0, 0.1) is 0 Å². The Hall–Kier alpha value is -8.47. The minimum Gasteiger partial charge on any atom is -0.436 e. The Morgan fingerprint density at radius 1 is 0.312 bits per heavy atom. The minimum atomic E-state index is -0.577. The lowest BCUT2D eigenvalue weighted by Crippen LogP contribution is -2.28. The predicted molar refractivity (Wildman–Crippen MR) is 260 cm³/mol. The molecule has 1 aliphatic carbocycles. The Labute approximate surface area is 371 Å². The minimum absolute atomic E-state index is 0.577. The van der Waals surface area contributed by atoms with Gasteiger partial charge in [-0.1, -0.05) is 206 Å². The van der Waals surface area contributed by atoms with Gasteiger partial charge in [0, 0.05) is 22.3 Å². The number of hydrogen-bond acceptors (Lipinski definition) is 4. The van der Waals surface area contributed by atoms with Crippen molar-refractivity contribution in [1.82, 2.24) is 15.0 Å². The molecule has 11 aromatic rings. The fourth-order valence-electron chi connectivity index (χ4n) is 9.56. The highest BCUT2D eigenvalue weighted by Gasteiger charge is 2.46. The first-order chi connectivity index (χ1) is 31.7. The zero-order valence-electron chi connectivity index (χ0n) is 34.8. The Morgan fingerprint density at radius 3 is 1.28 bits per heavy atom. The molecular weight excluding hydrogens is 779 g/mol. The maximum Gasteiger partial charge on any atom is 0.227 e. The van der Waals surface area contributed by atoms with Gasteiger partial charge in [-0.15, -0.1) is 0 Å². The predicted octanol–water partition coefficient (Wildman–Crippen LogP) is 15.0. The molecule has 0 amide bonds. The zero-order chi connectivity index (χ0) is 42.5. The lowest BCUT2D eigenvalue weighted by Gasteiger charge is -2.34. The van der Waals surface area contributed by atoms with E-state index in [9.17, 15) is 0 Å². The highest BCUT2D eigenvalue weighted by Crippen LogP contribution is 2.56. The van der Waals surface area contributed by atoms with Crippen molar-refractivity contribution in [3.05, 3.63) is 259 Å². The summed E-state index contributed by atoms with van der Waals surface area (Å²) >= 11 is 0. The maximum atomic E-state index is 6.49. The fourth-order valence-corrected chi connectivity index (χ4v) is 9.56. The van der Waals surface area contributed by atoms with Crippen LogP contribution in [0.3, 0.4) is 0 Å². The number of nitrogens with zero attached hydrogens (tertiary/aromatic N) is 3. The third-order valence-corrected chi connectivity index (χ3v) is 12.7. The van der Waals surface area contributed by atoms with E-state index in [0.717, 1.165) is 61.4 Å². The molecule has 2 heterocycles. The smallest absolute Gasteiger partial charge is 0.227 e.